The zero-order valence-corrected chi connectivity index (χ0v) is 82.6. The lowest BCUT2D eigenvalue weighted by Crippen LogP contribution is -2.23. The van der Waals surface area contributed by atoms with Crippen molar-refractivity contribution >= 4 is 93.6 Å². The maximum atomic E-state index is 13.2. The molecule has 0 atom stereocenters. The van der Waals surface area contributed by atoms with Gasteiger partial charge < -0.3 is 20.8 Å². The first-order chi connectivity index (χ1) is 65.1. The molecule has 4 aromatic carbocycles. The highest BCUT2D eigenvalue weighted by molar-refractivity contribution is 5.97. The van der Waals surface area contributed by atoms with E-state index in [4.69, 9.17) is 52.5 Å². The normalized spacial score (nSPS) is 11.9. The molecule has 0 bridgehead atoms. The van der Waals surface area contributed by atoms with Crippen LogP contribution in [-0.4, -0.2) is 138 Å². The summed E-state index contributed by atoms with van der Waals surface area (Å²) < 4.78 is 20.3. The monoisotopic (exact) mass is 1950 g/mol. The van der Waals surface area contributed by atoms with Crippen LogP contribution in [0.5, 0.6) is 0 Å². The van der Waals surface area contributed by atoms with Crippen LogP contribution in [0.3, 0.4) is 0 Å². The van der Waals surface area contributed by atoms with Crippen LogP contribution in [0, 0.1) is 35.0 Å². The number of fused-ring (bicyclic) bond motifs is 4. The summed E-state index contributed by atoms with van der Waals surface area (Å²) in [7, 11) is 12.1. The molecule has 140 heavy (non-hydrogen) atoms. The predicted octanol–water partition coefficient (Wildman–Crippen LogP) is 17.4. The number of rotatable bonds is 21. The fraction of sp³-hybridized carbons (Fsp3) is 0.314. The van der Waals surface area contributed by atoms with Crippen LogP contribution in [0.2, 0.25) is 0 Å². The quantitative estimate of drug-likeness (QED) is 0.0342. The highest BCUT2D eigenvalue weighted by Crippen LogP contribution is 2.41. The van der Waals surface area contributed by atoms with Crippen molar-refractivity contribution in [2.75, 3.05) is 20.7 Å². The number of terminal acetylenes is 1. The summed E-state index contributed by atoms with van der Waals surface area (Å²) in [4.78, 5) is 116. The van der Waals surface area contributed by atoms with E-state index >= 15 is 0 Å². The predicted molar refractivity (Wildman–Crippen MR) is 563 cm³/mol. The van der Waals surface area contributed by atoms with Crippen LogP contribution >= 0.6 is 37.2 Å². The van der Waals surface area contributed by atoms with Gasteiger partial charge in [0.15, 0.2) is 45.9 Å². The molecular weight excluding hydrogens is 1830 g/mol. The molecule has 2 saturated carbocycles. The largest absolute Gasteiger partial charge is 0.478 e. The fourth-order valence-electron chi connectivity index (χ4n) is 15.7. The van der Waals surface area contributed by atoms with Gasteiger partial charge in [-0.05, 0) is 158 Å². The lowest BCUT2D eigenvalue weighted by Gasteiger charge is -2.10. The third kappa shape index (κ3) is 24.0. The SMILES string of the molecule is C.C.C#CC1CC1.CC(C)c1ncccc1-c1ncc2c(n1)n(Cc1ccc(-c3nc(C4CC4)cn3C)cc1)c(=O)n2C.CC(C)c1ncccc1-c1ncc2c(n1)n(Cc1ccc(C#N)cc1)c(=O)n2C.CCOC(=N)c1ccc(Cn2c(=O)n(C)c3cnc(-c4cccnc4C(C)C)nc32)cc1.CN.CN=C(N)c1ccc(Cn2c(=O)n(C)c3cnc(-c4cccnc4C(C)C)nc32)cc1.Cl.Cl.Cl. The number of aromatic nitrogens is 22. The Morgan fingerprint density at radius 2 is 0.757 bits per heavy atom. The molecule has 728 valence electrons. The van der Waals surface area contributed by atoms with Crippen molar-refractivity contribution in [3.05, 3.63) is 311 Å². The van der Waals surface area contributed by atoms with E-state index in [0.29, 0.717) is 130 Å². The molecule has 0 unspecified atom stereocenters. The zero-order chi connectivity index (χ0) is 96.2. The number of pyridine rings is 4. The van der Waals surface area contributed by atoms with Gasteiger partial charge in [0.1, 0.15) is 33.7 Å². The van der Waals surface area contributed by atoms with E-state index in [1.165, 1.54) is 38.4 Å². The van der Waals surface area contributed by atoms with Gasteiger partial charge in [-0.3, -0.25) is 66.9 Å². The number of halogens is 3. The lowest BCUT2D eigenvalue weighted by molar-refractivity contribution is 0.325. The highest BCUT2D eigenvalue weighted by Gasteiger charge is 2.29. The Morgan fingerprint density at radius 1 is 0.457 bits per heavy atom. The molecule has 0 aliphatic heterocycles. The first-order valence-electron chi connectivity index (χ1n) is 44.9. The fourth-order valence-corrected chi connectivity index (χ4v) is 15.7. The molecule has 5 N–H and O–H groups in total. The van der Waals surface area contributed by atoms with E-state index in [1.807, 2.05) is 123 Å². The molecule has 17 aromatic rings. The van der Waals surface area contributed by atoms with Crippen LogP contribution in [0.25, 0.3) is 102 Å². The number of nitrogens with two attached hydrogens (primary N) is 2. The minimum Gasteiger partial charge on any atom is -0.478 e. The molecule has 19 rings (SSSR count). The third-order valence-electron chi connectivity index (χ3n) is 23.4. The van der Waals surface area contributed by atoms with E-state index in [0.717, 1.165) is 84.2 Å². The van der Waals surface area contributed by atoms with Gasteiger partial charge >= 0.3 is 22.8 Å². The first kappa shape index (κ1) is 109. The minimum absolute atomic E-state index is 0. The molecule has 0 amide bonds. The van der Waals surface area contributed by atoms with Gasteiger partial charge in [0.05, 0.1) is 97.7 Å². The Kier molecular flexibility index (Phi) is 37.4. The molecular formula is C105H122Cl3N27O5. The highest BCUT2D eigenvalue weighted by atomic mass is 35.5. The number of hydrogen-bond acceptors (Lipinski definition) is 22. The van der Waals surface area contributed by atoms with Crippen LogP contribution in [-0.2, 0) is 66.2 Å². The molecule has 13 aromatic heterocycles. The number of benzene rings is 4. The Hall–Kier alpha value is -15.1. The van der Waals surface area contributed by atoms with Crippen LogP contribution in [0.1, 0.15) is 200 Å². The summed E-state index contributed by atoms with van der Waals surface area (Å²) in [6.07, 6.45) is 26.1. The number of nitrogens with zero attached hydrogens (tertiary/aromatic N) is 24. The van der Waals surface area contributed by atoms with Gasteiger partial charge in [0, 0.05) is 124 Å². The average Bonchev–Trinajstić information content (AvgIpc) is 1.62. The Balaban J connectivity index is 0.000000202. The van der Waals surface area contributed by atoms with E-state index in [1.54, 1.807) is 133 Å². The van der Waals surface area contributed by atoms with E-state index in [9.17, 15) is 19.2 Å². The molecule has 35 heteroatoms. The first-order valence-corrected chi connectivity index (χ1v) is 44.9. The second-order valence-corrected chi connectivity index (χ2v) is 34.3. The van der Waals surface area contributed by atoms with Gasteiger partial charge in [-0.2, -0.15) is 5.26 Å². The van der Waals surface area contributed by atoms with Crippen LogP contribution < -0.4 is 34.2 Å². The van der Waals surface area contributed by atoms with Crippen molar-refractivity contribution in [1.82, 2.24) is 106 Å². The van der Waals surface area contributed by atoms with E-state index in [-0.39, 0.29) is 104 Å². The molecule has 0 saturated heterocycles. The maximum absolute atomic E-state index is 13.2. The zero-order valence-electron chi connectivity index (χ0n) is 80.1. The summed E-state index contributed by atoms with van der Waals surface area (Å²) in [6.45, 7) is 20.5. The van der Waals surface area contributed by atoms with Crippen molar-refractivity contribution in [3.8, 4) is 75.4 Å². The standard InChI is InChI=1S/C28H29N7O.C24H26N6O2.C23H25N7O.C22H20N6O.C5H6.CH5N.2CH4.3ClH/c1-17(2)24-21(6-5-13-29-24)25-30-14-23-27(32-25)35(28(36)34(23)4)15-18-7-9-20(10-8-18)26-31-22(16-33(26)3)19-11-12-19;1-5-32-21(25)17-10-8-16(9-11-17)14-30-23-19(29(4)24(30)31)13-27-22(28-23)18-7-6-12-26-20(18)15(2)3;1-14(2)19-17(6-5-11-26-19)21-27-12-18-22(28-21)30(23(31)29(18)4)13-15-7-9-16(10-8-15)20(24)25-3;1-14(2)19-17(5-4-10-24-19)20-25-12-18-21(26-20)28(22(29)27(18)3)13-16-8-6-15(11-23)7-9-16;1-2-5-3-4-5;1-2;;;;;/h5-10,13-14,16-17,19H,11-12,15H2,1-4H3;6-13,15,25H,5,14H2,1-4H3;5-12,14H,13H2,1-4H3,(H2,24,25);4-10,12,14H,13H2,1-3H3;1,5H,3-4H2;2H2,1H3;2*1H4;3*1H. The van der Waals surface area contributed by atoms with E-state index in [2.05, 4.69) is 153 Å². The molecule has 0 spiro atoms. The maximum Gasteiger partial charge on any atom is 0.330 e. The number of hydrogen-bond donors (Lipinski definition) is 3. The summed E-state index contributed by atoms with van der Waals surface area (Å²) >= 11 is 0. The van der Waals surface area contributed by atoms with Gasteiger partial charge in [-0.15, -0.1) is 49.6 Å². The topological polar surface area (TPSA) is 401 Å². The summed E-state index contributed by atoms with van der Waals surface area (Å²) in [5, 5.41) is 16.9. The van der Waals surface area contributed by atoms with Gasteiger partial charge in [-0.1, -0.05) is 143 Å². The second-order valence-electron chi connectivity index (χ2n) is 34.3. The van der Waals surface area contributed by atoms with Crippen molar-refractivity contribution in [2.24, 2.45) is 57.6 Å². The van der Waals surface area contributed by atoms with Gasteiger partial charge in [-0.25, -0.2) is 64.0 Å². The molecule has 0 radical (unpaired) electrons. The lowest BCUT2D eigenvalue weighted by atomic mass is 10.0. The van der Waals surface area contributed by atoms with Gasteiger partial charge in [0.25, 0.3) is 0 Å². The number of nitrogens with one attached hydrogen (secondary N) is 1. The summed E-state index contributed by atoms with van der Waals surface area (Å²) in [6, 6.07) is 48.1. The van der Waals surface area contributed by atoms with Crippen LogP contribution in [0.15, 0.2) is 226 Å². The minimum atomic E-state index is -0.161. The molecule has 32 nitrogen and oxygen atoms in total. The van der Waals surface area contributed by atoms with Crippen molar-refractivity contribution in [1.29, 1.82) is 10.7 Å². The molecule has 2 aliphatic carbocycles. The molecule has 2 aliphatic rings. The van der Waals surface area contributed by atoms with Crippen molar-refractivity contribution < 1.29 is 4.74 Å². The smallest absolute Gasteiger partial charge is 0.330 e. The number of imidazole rings is 5. The van der Waals surface area contributed by atoms with E-state index < -0.39 is 0 Å². The number of aliphatic imine (C=N–C) groups is 1. The van der Waals surface area contributed by atoms with Crippen LogP contribution in [0.4, 0.5) is 0 Å². The third-order valence-corrected chi connectivity index (χ3v) is 23.4. The average molecular weight is 1950 g/mol. The second kappa shape index (κ2) is 48.3. The molecule has 2 fully saturated rings. The number of ether oxygens (including phenoxy) is 1. The summed E-state index contributed by atoms with van der Waals surface area (Å²) in [5.41, 5.74) is 30.3. The van der Waals surface area contributed by atoms with Crippen molar-refractivity contribution in [3.63, 3.8) is 0 Å². The Labute approximate surface area is 832 Å². The Bertz CT molecular complexity index is 7570. The Morgan fingerprint density at radius 3 is 1.02 bits per heavy atom. The van der Waals surface area contributed by atoms with Crippen molar-refractivity contribution in [2.45, 2.75) is 159 Å². The summed E-state index contributed by atoms with van der Waals surface area (Å²) in [5.74, 6) is 8.65. The number of amidine groups is 1. The number of aryl methyl sites for hydroxylation is 5. The molecule has 13 heterocycles. The number of nitriles is 1. The van der Waals surface area contributed by atoms with Gasteiger partial charge in [0.2, 0.25) is 5.90 Å².